The van der Waals surface area contributed by atoms with Crippen molar-refractivity contribution in [3.8, 4) is 0 Å². The fourth-order valence-electron chi connectivity index (χ4n) is 1.67. The van der Waals surface area contributed by atoms with Crippen molar-refractivity contribution in [3.63, 3.8) is 0 Å². The van der Waals surface area contributed by atoms with Gasteiger partial charge in [-0.05, 0) is 5.57 Å². The number of amides is 1. The van der Waals surface area contributed by atoms with Gasteiger partial charge in [0, 0.05) is 10.2 Å². The molecule has 0 spiro atoms. The van der Waals surface area contributed by atoms with Crippen molar-refractivity contribution < 1.29 is 44.3 Å². The van der Waals surface area contributed by atoms with E-state index in [2.05, 4.69) is 22.6 Å². The molecule has 0 aromatic rings. The van der Waals surface area contributed by atoms with Gasteiger partial charge in [0.25, 0.3) is 0 Å². The molecule has 1 saturated heterocycles. The number of carboxylic acids is 1. The molecular weight excluding hydrogens is 354 g/mol. The standard InChI is InChI=1S/C8H9IN2O3S.Na/c9-1-3-2-15-7-4(10)6(12)11(7)5(3)8(13)14;/h4,7H,1-2,10H2,(H,13,14);/q;+1/p-1. The minimum atomic E-state index is -1.28. The fourth-order valence-corrected chi connectivity index (χ4v) is 3.96. The van der Waals surface area contributed by atoms with Crippen LogP contribution in [-0.4, -0.2) is 38.4 Å². The number of β-lactam (4-membered cyclic amide) rings is 1. The fraction of sp³-hybridized carbons (Fsp3) is 0.500. The number of halogens is 1. The van der Waals surface area contributed by atoms with Crippen molar-refractivity contribution in [2.75, 3.05) is 10.2 Å². The molecule has 0 saturated carbocycles. The summed E-state index contributed by atoms with van der Waals surface area (Å²) in [5, 5.41) is 10.7. The maximum absolute atomic E-state index is 11.4. The van der Waals surface area contributed by atoms with E-state index >= 15 is 0 Å². The van der Waals surface area contributed by atoms with E-state index in [0.29, 0.717) is 10.2 Å². The van der Waals surface area contributed by atoms with Gasteiger partial charge in [-0.15, -0.1) is 11.8 Å². The van der Waals surface area contributed by atoms with E-state index in [9.17, 15) is 14.7 Å². The van der Waals surface area contributed by atoms with E-state index in [1.54, 1.807) is 0 Å². The minimum Gasteiger partial charge on any atom is -0.543 e. The number of fused-ring (bicyclic) bond motifs is 1. The summed E-state index contributed by atoms with van der Waals surface area (Å²) in [4.78, 5) is 23.6. The predicted molar refractivity (Wildman–Crippen MR) is 62.0 cm³/mol. The van der Waals surface area contributed by atoms with Crippen LogP contribution in [0.3, 0.4) is 0 Å². The summed E-state index contributed by atoms with van der Waals surface area (Å²) >= 11 is 3.58. The van der Waals surface area contributed by atoms with Crippen LogP contribution in [0.25, 0.3) is 0 Å². The molecule has 16 heavy (non-hydrogen) atoms. The topological polar surface area (TPSA) is 86.5 Å². The Labute approximate surface area is 133 Å². The number of carboxylic acid groups (broad SMARTS) is 1. The molecule has 2 aliphatic rings. The summed E-state index contributed by atoms with van der Waals surface area (Å²) in [5.41, 5.74) is 6.34. The van der Waals surface area contributed by atoms with Gasteiger partial charge in [-0.3, -0.25) is 9.69 Å². The number of thioether (sulfide) groups is 1. The molecule has 0 aliphatic carbocycles. The molecule has 82 valence electrons. The quantitative estimate of drug-likeness (QED) is 0.232. The summed E-state index contributed by atoms with van der Waals surface area (Å²) in [7, 11) is 0. The first-order valence-electron chi connectivity index (χ1n) is 4.27. The number of rotatable bonds is 2. The van der Waals surface area contributed by atoms with Crippen molar-refractivity contribution in [2.45, 2.75) is 11.4 Å². The first kappa shape index (κ1) is 14.8. The zero-order chi connectivity index (χ0) is 11.2. The third kappa shape index (κ3) is 2.17. The van der Waals surface area contributed by atoms with Gasteiger partial charge >= 0.3 is 29.6 Å². The molecule has 2 aliphatic heterocycles. The number of aliphatic carboxylic acids is 1. The number of hydrogen-bond acceptors (Lipinski definition) is 5. The molecule has 1 amide bonds. The Kier molecular flexibility index (Phi) is 5.15. The van der Waals surface area contributed by atoms with Crippen molar-refractivity contribution in [1.82, 2.24) is 4.90 Å². The molecule has 2 unspecified atom stereocenters. The van der Waals surface area contributed by atoms with Crippen molar-refractivity contribution in [1.29, 1.82) is 0 Å². The maximum Gasteiger partial charge on any atom is 1.00 e. The predicted octanol–water partition coefficient (Wildman–Crippen LogP) is -4.33. The van der Waals surface area contributed by atoms with E-state index < -0.39 is 12.0 Å². The van der Waals surface area contributed by atoms with E-state index in [0.717, 1.165) is 5.57 Å². The van der Waals surface area contributed by atoms with Crippen LogP contribution >= 0.6 is 34.4 Å². The second-order valence-corrected chi connectivity index (χ2v) is 5.18. The van der Waals surface area contributed by atoms with E-state index in [1.807, 2.05) is 0 Å². The van der Waals surface area contributed by atoms with Crippen LogP contribution in [0.1, 0.15) is 0 Å². The van der Waals surface area contributed by atoms with Crippen LogP contribution in [0, 0.1) is 0 Å². The van der Waals surface area contributed by atoms with Gasteiger partial charge in [0.05, 0.1) is 11.7 Å². The zero-order valence-electron chi connectivity index (χ0n) is 8.60. The van der Waals surface area contributed by atoms with Crippen LogP contribution < -0.4 is 40.4 Å². The van der Waals surface area contributed by atoms with Gasteiger partial charge in [0.15, 0.2) is 0 Å². The number of carbonyl (C=O) groups is 2. The monoisotopic (exact) mass is 362 g/mol. The molecule has 2 N–H and O–H groups in total. The molecule has 2 rings (SSSR count). The smallest absolute Gasteiger partial charge is 0.543 e. The van der Waals surface area contributed by atoms with Gasteiger partial charge in [0.1, 0.15) is 11.4 Å². The molecule has 0 radical (unpaired) electrons. The van der Waals surface area contributed by atoms with E-state index in [-0.39, 0.29) is 46.5 Å². The van der Waals surface area contributed by atoms with Crippen molar-refractivity contribution in [3.05, 3.63) is 11.3 Å². The number of nitrogens with zero attached hydrogens (tertiary/aromatic N) is 1. The Morgan fingerprint density at radius 1 is 1.69 bits per heavy atom. The van der Waals surface area contributed by atoms with E-state index in [4.69, 9.17) is 5.73 Å². The molecule has 1 fully saturated rings. The molecule has 8 heteroatoms. The minimum absolute atomic E-state index is 0. The number of hydrogen-bond donors (Lipinski definition) is 1. The van der Waals surface area contributed by atoms with Crippen molar-refractivity contribution in [2.24, 2.45) is 5.73 Å². The molecule has 0 aromatic heterocycles. The Bertz CT molecular complexity index is 376. The summed E-state index contributed by atoms with van der Waals surface area (Å²) < 4.78 is 0.583. The van der Waals surface area contributed by atoms with Gasteiger partial charge in [0.2, 0.25) is 5.91 Å². The number of carbonyl (C=O) groups excluding carboxylic acids is 2. The first-order valence-corrected chi connectivity index (χ1v) is 6.85. The molecule has 0 aromatic carbocycles. The van der Waals surface area contributed by atoms with Crippen LogP contribution in [0.15, 0.2) is 11.3 Å². The third-order valence-corrected chi connectivity index (χ3v) is 4.72. The van der Waals surface area contributed by atoms with Gasteiger partial charge in [-0.25, -0.2) is 0 Å². The molecule has 2 heterocycles. The first-order chi connectivity index (χ1) is 7.07. The Morgan fingerprint density at radius 3 is 2.81 bits per heavy atom. The van der Waals surface area contributed by atoms with Crippen LogP contribution in [0.5, 0.6) is 0 Å². The largest absolute Gasteiger partial charge is 1.00 e. The second kappa shape index (κ2) is 5.57. The number of alkyl halides is 1. The average Bonchev–Trinajstić information content (AvgIpc) is 2.25. The Hall–Kier alpha value is 0.720. The Morgan fingerprint density at radius 2 is 2.31 bits per heavy atom. The maximum atomic E-state index is 11.4. The summed E-state index contributed by atoms with van der Waals surface area (Å²) in [5.74, 6) is -1.00. The van der Waals surface area contributed by atoms with E-state index in [1.165, 1.54) is 16.7 Å². The molecular formula is C8H8IN2NaO3S. The average molecular weight is 362 g/mol. The number of nitrogens with two attached hydrogens (primary N) is 1. The molecule has 0 bridgehead atoms. The zero-order valence-corrected chi connectivity index (χ0v) is 13.6. The van der Waals surface area contributed by atoms with Crippen LogP contribution in [0.2, 0.25) is 0 Å². The summed E-state index contributed by atoms with van der Waals surface area (Å²) in [6, 6.07) is -0.569. The normalized spacial score (nSPS) is 28.1. The summed E-state index contributed by atoms with van der Waals surface area (Å²) in [6.07, 6.45) is 0. The Balaban J connectivity index is 0.00000128. The molecule has 5 nitrogen and oxygen atoms in total. The van der Waals surface area contributed by atoms with Crippen molar-refractivity contribution >= 4 is 46.2 Å². The van der Waals surface area contributed by atoms with Gasteiger partial charge in [-0.2, -0.15) is 0 Å². The molecule has 2 atom stereocenters. The van der Waals surface area contributed by atoms with Gasteiger partial charge in [-0.1, -0.05) is 22.6 Å². The van der Waals surface area contributed by atoms with Crippen LogP contribution in [-0.2, 0) is 9.59 Å². The third-order valence-electron chi connectivity index (χ3n) is 2.44. The summed E-state index contributed by atoms with van der Waals surface area (Å²) in [6.45, 7) is 0. The second-order valence-electron chi connectivity index (χ2n) is 3.31. The van der Waals surface area contributed by atoms with Crippen LogP contribution in [0.4, 0.5) is 0 Å². The van der Waals surface area contributed by atoms with Gasteiger partial charge < -0.3 is 15.6 Å². The SMILES string of the molecule is NC1C(=O)N2C(C(=O)[O-])=C(CI)CSC12.[Na+].